The van der Waals surface area contributed by atoms with Crippen molar-refractivity contribution in [3.8, 4) is 0 Å². The molecule has 0 radical (unpaired) electrons. The summed E-state index contributed by atoms with van der Waals surface area (Å²) in [6, 6.07) is 9.82. The minimum atomic E-state index is -0.298. The van der Waals surface area contributed by atoms with E-state index in [0.717, 1.165) is 22.5 Å². The zero-order valence-corrected chi connectivity index (χ0v) is 15.4. The molecule has 2 rings (SSSR count). The largest absolute Gasteiger partial charge is 0.462 e. The summed E-state index contributed by atoms with van der Waals surface area (Å²) in [4.78, 5) is 24.3. The predicted molar refractivity (Wildman–Crippen MR) is 97.5 cm³/mol. The van der Waals surface area contributed by atoms with Crippen molar-refractivity contribution in [3.63, 3.8) is 0 Å². The first-order valence-corrected chi connectivity index (χ1v) is 8.58. The van der Waals surface area contributed by atoms with E-state index in [1.165, 1.54) is 0 Å². The van der Waals surface area contributed by atoms with E-state index in [4.69, 9.17) is 4.74 Å². The number of carbonyl (C=O) groups excluding carboxylic acids is 2. The second-order valence-electron chi connectivity index (χ2n) is 6.07. The lowest BCUT2D eigenvalue weighted by atomic mass is 10.1. The lowest BCUT2D eigenvalue weighted by molar-refractivity contribution is -0.121. The number of amides is 1. The molecule has 0 bridgehead atoms. The molecule has 0 aliphatic rings. The van der Waals surface area contributed by atoms with E-state index in [1.54, 1.807) is 6.92 Å². The van der Waals surface area contributed by atoms with Gasteiger partial charge in [-0.05, 0) is 38.3 Å². The van der Waals surface area contributed by atoms with E-state index in [9.17, 15) is 9.59 Å². The van der Waals surface area contributed by atoms with Crippen molar-refractivity contribution in [2.24, 2.45) is 7.05 Å². The Hall–Kier alpha value is -2.56. The minimum Gasteiger partial charge on any atom is -0.462 e. The molecule has 1 amide bonds. The number of carbonyl (C=O) groups is 2. The molecule has 0 aliphatic carbocycles. The fourth-order valence-corrected chi connectivity index (χ4v) is 3.01. The Morgan fingerprint density at radius 1 is 1.16 bits per heavy atom. The van der Waals surface area contributed by atoms with Crippen molar-refractivity contribution in [2.45, 2.75) is 40.2 Å². The van der Waals surface area contributed by atoms with Crippen molar-refractivity contribution in [3.05, 3.63) is 58.4 Å². The summed E-state index contributed by atoms with van der Waals surface area (Å²) in [5.41, 5.74) is 4.45. The normalized spacial score (nSPS) is 10.6. The Labute approximate surface area is 149 Å². The van der Waals surface area contributed by atoms with Crippen molar-refractivity contribution in [1.29, 1.82) is 0 Å². The van der Waals surface area contributed by atoms with E-state index in [2.05, 4.69) is 5.32 Å². The van der Waals surface area contributed by atoms with Crippen LogP contribution in [0.2, 0.25) is 0 Å². The quantitative estimate of drug-likeness (QED) is 0.787. The van der Waals surface area contributed by atoms with E-state index in [1.807, 2.05) is 55.8 Å². The summed E-state index contributed by atoms with van der Waals surface area (Å²) in [5, 5.41) is 2.93. The molecule has 0 unspecified atom stereocenters. The van der Waals surface area contributed by atoms with Gasteiger partial charge in [0.1, 0.15) is 0 Å². The van der Waals surface area contributed by atoms with Crippen LogP contribution >= 0.6 is 0 Å². The number of aromatic nitrogens is 1. The first kappa shape index (κ1) is 18.8. The number of benzene rings is 1. The second-order valence-corrected chi connectivity index (χ2v) is 6.07. The van der Waals surface area contributed by atoms with Crippen LogP contribution in [0.5, 0.6) is 0 Å². The summed E-state index contributed by atoms with van der Waals surface area (Å²) < 4.78 is 7.12. The van der Waals surface area contributed by atoms with Gasteiger partial charge in [0.15, 0.2) is 0 Å². The molecule has 1 N–H and O–H groups in total. The Bertz CT molecular complexity index is 748. The van der Waals surface area contributed by atoms with Crippen LogP contribution < -0.4 is 5.32 Å². The zero-order chi connectivity index (χ0) is 18.4. The lowest BCUT2D eigenvalue weighted by Crippen LogP contribution is -2.23. The molecule has 0 aliphatic heterocycles. The first-order valence-electron chi connectivity index (χ1n) is 8.58. The number of ether oxygens (including phenoxy) is 1. The maximum Gasteiger partial charge on any atom is 0.340 e. The van der Waals surface area contributed by atoms with E-state index in [-0.39, 0.29) is 11.9 Å². The van der Waals surface area contributed by atoms with Gasteiger partial charge in [-0.15, -0.1) is 0 Å². The Morgan fingerprint density at radius 2 is 1.84 bits per heavy atom. The highest BCUT2D eigenvalue weighted by Crippen LogP contribution is 2.23. The smallest absolute Gasteiger partial charge is 0.340 e. The van der Waals surface area contributed by atoms with Gasteiger partial charge in [0, 0.05) is 31.4 Å². The third kappa shape index (κ3) is 4.50. The van der Waals surface area contributed by atoms with E-state index in [0.29, 0.717) is 31.6 Å². The van der Waals surface area contributed by atoms with Crippen LogP contribution in [-0.4, -0.2) is 23.1 Å². The van der Waals surface area contributed by atoms with E-state index >= 15 is 0 Å². The molecule has 1 aromatic carbocycles. The molecular formula is C20H26N2O3. The molecule has 5 nitrogen and oxygen atoms in total. The topological polar surface area (TPSA) is 60.3 Å². The number of esters is 1. The van der Waals surface area contributed by atoms with Gasteiger partial charge >= 0.3 is 5.97 Å². The maximum absolute atomic E-state index is 12.1. The van der Waals surface area contributed by atoms with Crippen molar-refractivity contribution < 1.29 is 14.3 Å². The van der Waals surface area contributed by atoms with Crippen LogP contribution in [0.4, 0.5) is 0 Å². The third-order valence-electron chi connectivity index (χ3n) is 4.48. The van der Waals surface area contributed by atoms with Crippen molar-refractivity contribution >= 4 is 11.9 Å². The summed E-state index contributed by atoms with van der Waals surface area (Å²) in [7, 11) is 1.92. The highest BCUT2D eigenvalue weighted by molar-refractivity contribution is 5.93. The van der Waals surface area contributed by atoms with Crippen molar-refractivity contribution in [2.75, 3.05) is 6.61 Å². The van der Waals surface area contributed by atoms with Gasteiger partial charge in [-0.1, -0.05) is 30.3 Å². The van der Waals surface area contributed by atoms with Crippen LogP contribution in [0.25, 0.3) is 0 Å². The van der Waals surface area contributed by atoms with Crippen LogP contribution in [0.15, 0.2) is 30.3 Å². The van der Waals surface area contributed by atoms with Gasteiger partial charge in [-0.3, -0.25) is 4.79 Å². The van der Waals surface area contributed by atoms with Gasteiger partial charge in [-0.25, -0.2) is 4.79 Å². The van der Waals surface area contributed by atoms with Crippen LogP contribution in [0.1, 0.15) is 46.2 Å². The monoisotopic (exact) mass is 342 g/mol. The van der Waals surface area contributed by atoms with Crippen molar-refractivity contribution in [1.82, 2.24) is 9.88 Å². The highest BCUT2D eigenvalue weighted by atomic mass is 16.5. The summed E-state index contributed by atoms with van der Waals surface area (Å²) in [6.45, 7) is 6.49. The number of hydrogen-bond acceptors (Lipinski definition) is 3. The zero-order valence-electron chi connectivity index (χ0n) is 15.4. The Balaban J connectivity index is 1.99. The number of nitrogens with zero attached hydrogens (tertiary/aromatic N) is 1. The van der Waals surface area contributed by atoms with Gasteiger partial charge in [0.2, 0.25) is 5.91 Å². The van der Waals surface area contributed by atoms with Gasteiger partial charge in [0.05, 0.1) is 12.2 Å². The molecule has 134 valence electrons. The molecule has 0 atom stereocenters. The average Bonchev–Trinajstić information content (AvgIpc) is 2.81. The van der Waals surface area contributed by atoms with Gasteiger partial charge in [-0.2, -0.15) is 0 Å². The lowest BCUT2D eigenvalue weighted by Gasteiger charge is -2.08. The van der Waals surface area contributed by atoms with Gasteiger partial charge < -0.3 is 14.6 Å². The molecule has 1 heterocycles. The SMILES string of the molecule is CCOC(=O)c1c(C)c(CCC(=O)NCc2ccccc2)n(C)c1C. The average molecular weight is 342 g/mol. The fourth-order valence-electron chi connectivity index (χ4n) is 3.01. The molecule has 1 aromatic heterocycles. The van der Waals surface area contributed by atoms with Gasteiger partial charge in [0.25, 0.3) is 0 Å². The number of nitrogens with one attached hydrogen (secondary N) is 1. The maximum atomic E-state index is 12.1. The number of hydrogen-bond donors (Lipinski definition) is 1. The van der Waals surface area contributed by atoms with E-state index < -0.39 is 0 Å². The molecule has 25 heavy (non-hydrogen) atoms. The molecule has 0 saturated carbocycles. The standard InChI is InChI=1S/C20H26N2O3/c1-5-25-20(24)19-14(2)17(22(4)15(19)3)11-12-18(23)21-13-16-9-7-6-8-10-16/h6-10H,5,11-13H2,1-4H3,(H,21,23). The Morgan fingerprint density at radius 3 is 2.48 bits per heavy atom. The third-order valence-corrected chi connectivity index (χ3v) is 4.48. The Kier molecular flexibility index (Phi) is 6.39. The van der Waals surface area contributed by atoms with Crippen LogP contribution in [-0.2, 0) is 29.5 Å². The predicted octanol–water partition coefficient (Wildman–Crippen LogP) is 3.07. The first-order chi connectivity index (χ1) is 12.0. The summed E-state index contributed by atoms with van der Waals surface area (Å²) >= 11 is 0. The second kappa shape index (κ2) is 8.51. The summed E-state index contributed by atoms with van der Waals surface area (Å²) in [6.07, 6.45) is 0.969. The molecule has 0 spiro atoms. The molecule has 2 aromatic rings. The molecule has 5 heteroatoms. The number of rotatable bonds is 7. The van der Waals surface area contributed by atoms with Crippen LogP contribution in [0.3, 0.4) is 0 Å². The molecular weight excluding hydrogens is 316 g/mol. The highest BCUT2D eigenvalue weighted by Gasteiger charge is 2.22. The minimum absolute atomic E-state index is 0.000194. The molecule has 0 fully saturated rings. The fraction of sp³-hybridized carbons (Fsp3) is 0.400. The van der Waals surface area contributed by atoms with Crippen LogP contribution in [0, 0.1) is 13.8 Å². The summed E-state index contributed by atoms with van der Waals surface area (Å²) in [5.74, 6) is -0.298. The molecule has 0 saturated heterocycles.